The van der Waals surface area contributed by atoms with Crippen molar-refractivity contribution in [1.82, 2.24) is 0 Å². The first-order valence-electron chi connectivity index (χ1n) is 5.41. The van der Waals surface area contributed by atoms with Crippen molar-refractivity contribution in [2.45, 2.75) is 19.8 Å². The van der Waals surface area contributed by atoms with Gasteiger partial charge in [0.05, 0.1) is 0 Å². The highest BCUT2D eigenvalue weighted by atomic mass is 32.2. The van der Waals surface area contributed by atoms with E-state index in [1.165, 1.54) is 11.8 Å². The third-order valence-corrected chi connectivity index (χ3v) is 2.91. The van der Waals surface area contributed by atoms with E-state index in [1.54, 1.807) is 0 Å². The fourth-order valence-electron chi connectivity index (χ4n) is 1.36. The van der Waals surface area contributed by atoms with Crippen LogP contribution >= 0.6 is 11.8 Å². The van der Waals surface area contributed by atoms with Gasteiger partial charge in [0.15, 0.2) is 5.17 Å². The Balaban J connectivity index is 2.27. The highest BCUT2D eigenvalue weighted by Gasteiger charge is 2.02. The Morgan fingerprint density at radius 1 is 1.53 bits per heavy atom. The van der Waals surface area contributed by atoms with Gasteiger partial charge in [-0.25, -0.2) is 0 Å². The topological polar surface area (TPSA) is 79.0 Å². The zero-order valence-electron chi connectivity index (χ0n) is 9.82. The van der Waals surface area contributed by atoms with Crippen LogP contribution in [0.15, 0.2) is 24.3 Å². The molecule has 0 saturated heterocycles. The van der Waals surface area contributed by atoms with Crippen molar-refractivity contribution in [3.63, 3.8) is 0 Å². The first-order chi connectivity index (χ1) is 8.08. The Bertz CT molecular complexity index is 406. The van der Waals surface area contributed by atoms with Crippen LogP contribution < -0.4 is 11.1 Å². The number of anilines is 1. The molecule has 0 aromatic heterocycles. The molecule has 4 nitrogen and oxygen atoms in total. The molecule has 0 saturated carbocycles. The third kappa shape index (κ3) is 5.97. The van der Waals surface area contributed by atoms with Gasteiger partial charge in [-0.1, -0.05) is 23.9 Å². The molecule has 1 amide bonds. The van der Waals surface area contributed by atoms with Crippen molar-refractivity contribution < 1.29 is 4.79 Å². The number of rotatable bonds is 5. The van der Waals surface area contributed by atoms with Gasteiger partial charge in [0.25, 0.3) is 0 Å². The fourth-order valence-corrected chi connectivity index (χ4v) is 1.87. The summed E-state index contributed by atoms with van der Waals surface area (Å²) < 4.78 is 0. The number of nitrogens with one attached hydrogen (secondary N) is 2. The average molecular weight is 251 g/mol. The molecule has 5 heteroatoms. The lowest BCUT2D eigenvalue weighted by Crippen LogP contribution is -2.12. The summed E-state index contributed by atoms with van der Waals surface area (Å²) >= 11 is 1.26. The molecule has 0 bridgehead atoms. The predicted octanol–water partition coefficient (Wildman–Crippen LogP) is 2.34. The van der Waals surface area contributed by atoms with Gasteiger partial charge < -0.3 is 11.1 Å². The van der Waals surface area contributed by atoms with Crippen LogP contribution in [-0.2, 0) is 4.79 Å². The maximum absolute atomic E-state index is 11.6. The second-order valence-electron chi connectivity index (χ2n) is 3.73. The summed E-state index contributed by atoms with van der Waals surface area (Å²) in [5.41, 5.74) is 7.14. The molecule has 0 heterocycles. The first kappa shape index (κ1) is 13.6. The Hall–Kier alpha value is -1.49. The summed E-state index contributed by atoms with van der Waals surface area (Å²) in [4.78, 5) is 11.6. The SMILES string of the molecule is Cc1cccc(NC(=O)CCCSC(=N)N)c1. The molecule has 0 radical (unpaired) electrons. The van der Waals surface area contributed by atoms with E-state index in [-0.39, 0.29) is 11.1 Å². The van der Waals surface area contributed by atoms with Crippen molar-refractivity contribution in [3.8, 4) is 0 Å². The molecular weight excluding hydrogens is 234 g/mol. The Kier molecular flexibility index (Phi) is 5.56. The highest BCUT2D eigenvalue weighted by Crippen LogP contribution is 2.10. The standard InChI is InChI=1S/C12H17N3OS/c1-9-4-2-5-10(8-9)15-11(16)6-3-7-17-12(13)14/h2,4-5,8H,3,6-7H2,1H3,(H3,13,14)(H,15,16). The molecule has 4 N–H and O–H groups in total. The molecule has 1 aromatic carbocycles. The highest BCUT2D eigenvalue weighted by molar-refractivity contribution is 8.13. The minimum atomic E-state index is -0.000230. The zero-order chi connectivity index (χ0) is 12.7. The number of carbonyl (C=O) groups excluding carboxylic acids is 1. The van der Waals surface area contributed by atoms with E-state index in [1.807, 2.05) is 31.2 Å². The lowest BCUT2D eigenvalue weighted by Gasteiger charge is -2.05. The molecule has 1 aromatic rings. The smallest absolute Gasteiger partial charge is 0.224 e. The number of aryl methyl sites for hydroxylation is 1. The Morgan fingerprint density at radius 2 is 2.29 bits per heavy atom. The summed E-state index contributed by atoms with van der Waals surface area (Å²) in [5, 5.41) is 9.96. The van der Waals surface area contributed by atoms with E-state index < -0.39 is 0 Å². The molecule has 0 unspecified atom stereocenters. The summed E-state index contributed by atoms with van der Waals surface area (Å²) in [5.74, 6) is 0.705. The van der Waals surface area contributed by atoms with E-state index in [2.05, 4.69) is 5.32 Å². The molecule has 0 atom stereocenters. The minimum absolute atomic E-state index is 0.000230. The number of benzene rings is 1. The fraction of sp³-hybridized carbons (Fsp3) is 0.333. The summed E-state index contributed by atoms with van der Waals surface area (Å²) in [6.45, 7) is 1.99. The van der Waals surface area contributed by atoms with Crippen molar-refractivity contribution in [2.75, 3.05) is 11.1 Å². The lowest BCUT2D eigenvalue weighted by molar-refractivity contribution is -0.116. The van der Waals surface area contributed by atoms with Crippen molar-refractivity contribution in [2.24, 2.45) is 5.73 Å². The number of thioether (sulfide) groups is 1. The number of amidine groups is 1. The summed E-state index contributed by atoms with van der Waals surface area (Å²) in [6, 6.07) is 7.70. The number of amides is 1. The maximum atomic E-state index is 11.6. The molecule has 17 heavy (non-hydrogen) atoms. The van der Waals surface area contributed by atoms with Gasteiger partial charge in [0.2, 0.25) is 5.91 Å². The molecule has 0 spiro atoms. The van der Waals surface area contributed by atoms with Crippen LogP contribution in [0, 0.1) is 12.3 Å². The van der Waals surface area contributed by atoms with Crippen molar-refractivity contribution in [1.29, 1.82) is 5.41 Å². The van der Waals surface area contributed by atoms with Crippen LogP contribution in [0.3, 0.4) is 0 Å². The van der Waals surface area contributed by atoms with Crippen molar-refractivity contribution >= 4 is 28.5 Å². The van der Waals surface area contributed by atoms with Gasteiger partial charge in [-0.15, -0.1) is 0 Å². The van der Waals surface area contributed by atoms with Gasteiger partial charge in [-0.05, 0) is 31.0 Å². The van der Waals surface area contributed by atoms with Gasteiger partial charge in [-0.2, -0.15) is 0 Å². The molecular formula is C12H17N3OS. The quantitative estimate of drug-likeness (QED) is 0.427. The molecule has 0 aliphatic rings. The summed E-state index contributed by atoms with van der Waals surface area (Å²) in [7, 11) is 0. The van der Waals surface area contributed by atoms with E-state index in [4.69, 9.17) is 11.1 Å². The van der Waals surface area contributed by atoms with Gasteiger partial charge >= 0.3 is 0 Å². The Labute approximate surface area is 105 Å². The molecule has 0 aliphatic carbocycles. The molecule has 0 fully saturated rings. The summed E-state index contributed by atoms with van der Waals surface area (Å²) in [6.07, 6.45) is 1.18. The number of hydrogen-bond acceptors (Lipinski definition) is 3. The van der Waals surface area contributed by atoms with Gasteiger partial charge in [0.1, 0.15) is 0 Å². The van der Waals surface area contributed by atoms with Crippen LogP contribution in [0.1, 0.15) is 18.4 Å². The molecule has 0 aliphatic heterocycles. The van der Waals surface area contributed by atoms with E-state index >= 15 is 0 Å². The number of hydrogen-bond donors (Lipinski definition) is 3. The normalized spacial score (nSPS) is 9.94. The van der Waals surface area contributed by atoms with Crippen LogP contribution in [0.25, 0.3) is 0 Å². The van der Waals surface area contributed by atoms with E-state index in [0.29, 0.717) is 12.2 Å². The largest absolute Gasteiger partial charge is 0.379 e. The van der Waals surface area contributed by atoms with Crippen LogP contribution in [-0.4, -0.2) is 16.8 Å². The number of nitrogens with two attached hydrogens (primary N) is 1. The van der Waals surface area contributed by atoms with Gasteiger partial charge in [0, 0.05) is 17.9 Å². The first-order valence-corrected chi connectivity index (χ1v) is 6.40. The second-order valence-corrected chi connectivity index (χ2v) is 4.87. The second kappa shape index (κ2) is 6.96. The van der Waals surface area contributed by atoms with E-state index in [9.17, 15) is 4.79 Å². The van der Waals surface area contributed by atoms with Crippen LogP contribution in [0.5, 0.6) is 0 Å². The monoisotopic (exact) mass is 251 g/mol. The maximum Gasteiger partial charge on any atom is 0.224 e. The lowest BCUT2D eigenvalue weighted by atomic mass is 10.2. The Morgan fingerprint density at radius 3 is 2.94 bits per heavy atom. The van der Waals surface area contributed by atoms with Crippen molar-refractivity contribution in [3.05, 3.63) is 29.8 Å². The van der Waals surface area contributed by atoms with Crippen LogP contribution in [0.2, 0.25) is 0 Å². The molecule has 92 valence electrons. The average Bonchev–Trinajstić information content (AvgIpc) is 2.24. The van der Waals surface area contributed by atoms with E-state index in [0.717, 1.165) is 17.7 Å². The number of carbonyl (C=O) groups is 1. The zero-order valence-corrected chi connectivity index (χ0v) is 10.6. The molecule has 1 rings (SSSR count). The third-order valence-electron chi connectivity index (χ3n) is 2.11. The minimum Gasteiger partial charge on any atom is -0.379 e. The van der Waals surface area contributed by atoms with Crippen LogP contribution in [0.4, 0.5) is 5.69 Å². The predicted molar refractivity (Wildman–Crippen MR) is 73.4 cm³/mol. The van der Waals surface area contributed by atoms with Gasteiger partial charge in [-0.3, -0.25) is 10.2 Å².